The zero-order valence-corrected chi connectivity index (χ0v) is 23.1. The fourth-order valence-electron chi connectivity index (χ4n) is 6.06. The van der Waals surface area contributed by atoms with E-state index in [9.17, 15) is 0 Å². The normalized spacial score (nSPS) is 14.5. The Balaban J connectivity index is 1.74. The molecule has 0 aliphatic heterocycles. The van der Waals surface area contributed by atoms with Crippen LogP contribution in [0, 0.1) is 23.7 Å². The van der Waals surface area contributed by atoms with Crippen LogP contribution >= 0.6 is 0 Å². The second kappa shape index (κ2) is 13.4. The van der Waals surface area contributed by atoms with Crippen LogP contribution in [0.15, 0.2) is 60.7 Å². The minimum Gasteiger partial charge on any atom is -0.237 e. The first-order chi connectivity index (χ1) is 16.1. The summed E-state index contributed by atoms with van der Waals surface area (Å²) >= 11 is 0. The van der Waals surface area contributed by atoms with Crippen molar-refractivity contribution in [2.24, 2.45) is 23.7 Å². The first kappa shape index (κ1) is 28.6. The molecule has 2 unspecified atom stereocenters. The summed E-state index contributed by atoms with van der Waals surface area (Å²) in [6.45, 7) is 20.2. The molecule has 0 saturated heterocycles. The van der Waals surface area contributed by atoms with Crippen LogP contribution in [0.4, 0.5) is 0 Å². The van der Waals surface area contributed by atoms with E-state index < -0.39 is 0 Å². The predicted octanol–water partition coefficient (Wildman–Crippen LogP) is 9.00. The molecule has 0 spiro atoms. The van der Waals surface area contributed by atoms with Gasteiger partial charge in [0.05, 0.1) is 13.2 Å². The van der Waals surface area contributed by atoms with Crippen LogP contribution in [-0.4, -0.2) is 13.2 Å². The fraction of sp³-hybridized carbons (Fsp3) is 0.625. The van der Waals surface area contributed by atoms with Crippen molar-refractivity contribution in [2.75, 3.05) is 13.2 Å². The van der Waals surface area contributed by atoms with E-state index in [0.29, 0.717) is 36.9 Å². The summed E-state index contributed by atoms with van der Waals surface area (Å²) in [7, 11) is 0. The molecule has 2 nitrogen and oxygen atoms in total. The van der Waals surface area contributed by atoms with Crippen LogP contribution in [0.25, 0.3) is 0 Å². The lowest BCUT2D eigenvalue weighted by Crippen LogP contribution is -2.33. The standard InChI is InChI=1S/C32H50O2/c1-25(2)29(31(5,6)27-17-11-9-12-18-27)21-15-23-33-34-24-16-22-30(26(3)4)32(7,8)28-19-13-10-14-20-28/h9-14,17-20,25-26,29-30H,15-16,21-24H2,1-8H3. The van der Waals surface area contributed by atoms with Crippen molar-refractivity contribution in [2.45, 2.75) is 91.9 Å². The molecule has 0 N–H and O–H groups in total. The van der Waals surface area contributed by atoms with E-state index in [1.165, 1.54) is 11.1 Å². The molecular weight excluding hydrogens is 416 g/mol. The summed E-state index contributed by atoms with van der Waals surface area (Å²) in [6, 6.07) is 21.8. The van der Waals surface area contributed by atoms with Gasteiger partial charge in [-0.25, -0.2) is 9.78 Å². The van der Waals surface area contributed by atoms with Crippen LogP contribution < -0.4 is 0 Å². The smallest absolute Gasteiger partial charge is 0.0822 e. The lowest BCUT2D eigenvalue weighted by Gasteiger charge is -2.38. The Hall–Kier alpha value is -1.64. The van der Waals surface area contributed by atoms with E-state index in [2.05, 4.69) is 116 Å². The Morgan fingerprint density at radius 3 is 1.18 bits per heavy atom. The maximum atomic E-state index is 5.59. The first-order valence-corrected chi connectivity index (χ1v) is 13.4. The summed E-state index contributed by atoms with van der Waals surface area (Å²) in [6.07, 6.45) is 4.33. The van der Waals surface area contributed by atoms with Crippen molar-refractivity contribution in [3.63, 3.8) is 0 Å². The van der Waals surface area contributed by atoms with Gasteiger partial charge in [-0.3, -0.25) is 0 Å². The topological polar surface area (TPSA) is 18.5 Å². The lowest BCUT2D eigenvalue weighted by molar-refractivity contribution is -0.296. The van der Waals surface area contributed by atoms with E-state index in [1.54, 1.807) is 0 Å². The molecule has 0 aliphatic rings. The minimum atomic E-state index is 0.147. The van der Waals surface area contributed by atoms with E-state index in [1.807, 2.05) is 0 Å². The summed E-state index contributed by atoms with van der Waals surface area (Å²) in [4.78, 5) is 11.2. The summed E-state index contributed by atoms with van der Waals surface area (Å²) in [5, 5.41) is 0. The summed E-state index contributed by atoms with van der Waals surface area (Å²) < 4.78 is 0. The second-order valence-corrected chi connectivity index (χ2v) is 11.8. The van der Waals surface area contributed by atoms with E-state index >= 15 is 0 Å². The number of benzene rings is 2. The summed E-state index contributed by atoms with van der Waals surface area (Å²) in [5.41, 5.74) is 3.13. The molecule has 2 heteroatoms. The molecule has 2 rings (SSSR count). The molecule has 0 saturated carbocycles. The van der Waals surface area contributed by atoms with Crippen molar-refractivity contribution in [1.82, 2.24) is 0 Å². The van der Waals surface area contributed by atoms with Gasteiger partial charge in [0.2, 0.25) is 0 Å². The highest BCUT2D eigenvalue weighted by Gasteiger charge is 2.34. The van der Waals surface area contributed by atoms with E-state index in [0.717, 1.165) is 25.7 Å². The Kier molecular flexibility index (Phi) is 11.3. The van der Waals surface area contributed by atoms with Gasteiger partial charge in [0.1, 0.15) is 0 Å². The molecule has 2 aromatic rings. The van der Waals surface area contributed by atoms with Gasteiger partial charge in [0, 0.05) is 0 Å². The van der Waals surface area contributed by atoms with E-state index in [-0.39, 0.29) is 10.8 Å². The van der Waals surface area contributed by atoms with Crippen molar-refractivity contribution in [3.05, 3.63) is 71.8 Å². The Bertz CT molecular complexity index is 723. The van der Waals surface area contributed by atoms with Gasteiger partial charge >= 0.3 is 0 Å². The Morgan fingerprint density at radius 1 is 0.559 bits per heavy atom. The number of hydrogen-bond donors (Lipinski definition) is 0. The second-order valence-electron chi connectivity index (χ2n) is 11.8. The molecule has 2 atom stereocenters. The molecule has 0 amide bonds. The Labute approximate surface area is 210 Å². The Morgan fingerprint density at radius 2 is 0.882 bits per heavy atom. The third kappa shape index (κ3) is 7.95. The van der Waals surface area contributed by atoms with Gasteiger partial charge in [-0.1, -0.05) is 116 Å². The SMILES string of the molecule is CC(C)C(CCCOOCCCC(C(C)C)C(C)(C)c1ccccc1)C(C)(C)c1ccccc1. The molecule has 0 radical (unpaired) electrons. The maximum Gasteiger partial charge on any atom is 0.0822 e. The molecule has 0 heterocycles. The highest BCUT2D eigenvalue weighted by molar-refractivity contribution is 5.25. The highest BCUT2D eigenvalue weighted by Crippen LogP contribution is 2.40. The van der Waals surface area contributed by atoms with Gasteiger partial charge in [-0.2, -0.15) is 0 Å². The van der Waals surface area contributed by atoms with Gasteiger partial charge in [0.15, 0.2) is 0 Å². The highest BCUT2D eigenvalue weighted by atomic mass is 17.2. The lowest BCUT2D eigenvalue weighted by atomic mass is 9.67. The number of hydrogen-bond acceptors (Lipinski definition) is 2. The molecule has 190 valence electrons. The summed E-state index contributed by atoms with van der Waals surface area (Å²) in [5.74, 6) is 2.45. The van der Waals surface area contributed by atoms with Gasteiger partial charge in [0.25, 0.3) is 0 Å². The average Bonchev–Trinajstić information content (AvgIpc) is 2.80. The largest absolute Gasteiger partial charge is 0.237 e. The van der Waals surface area contributed by atoms with Crippen molar-refractivity contribution in [3.8, 4) is 0 Å². The average molecular weight is 467 g/mol. The van der Waals surface area contributed by atoms with Crippen LogP contribution in [0.3, 0.4) is 0 Å². The van der Waals surface area contributed by atoms with Crippen LogP contribution in [0.5, 0.6) is 0 Å². The molecule has 0 fully saturated rings. The van der Waals surface area contributed by atoms with Gasteiger partial charge < -0.3 is 0 Å². The molecular formula is C32H50O2. The van der Waals surface area contributed by atoms with Crippen LogP contribution in [0.1, 0.15) is 92.2 Å². The zero-order valence-electron chi connectivity index (χ0n) is 23.1. The van der Waals surface area contributed by atoms with Crippen molar-refractivity contribution >= 4 is 0 Å². The maximum absolute atomic E-state index is 5.59. The molecule has 0 aromatic heterocycles. The first-order valence-electron chi connectivity index (χ1n) is 13.4. The van der Waals surface area contributed by atoms with Crippen molar-refractivity contribution < 1.29 is 9.78 Å². The fourth-order valence-corrected chi connectivity index (χ4v) is 6.06. The van der Waals surface area contributed by atoms with Gasteiger partial charge in [-0.05, 0) is 71.3 Å². The van der Waals surface area contributed by atoms with E-state index in [4.69, 9.17) is 9.78 Å². The van der Waals surface area contributed by atoms with Gasteiger partial charge in [-0.15, -0.1) is 0 Å². The third-order valence-electron chi connectivity index (χ3n) is 8.07. The monoisotopic (exact) mass is 466 g/mol. The van der Waals surface area contributed by atoms with Crippen LogP contribution in [-0.2, 0) is 20.6 Å². The molecule has 2 aromatic carbocycles. The van der Waals surface area contributed by atoms with Crippen molar-refractivity contribution in [1.29, 1.82) is 0 Å². The predicted molar refractivity (Wildman–Crippen MR) is 146 cm³/mol. The van der Waals surface area contributed by atoms with Crippen LogP contribution in [0.2, 0.25) is 0 Å². The molecule has 34 heavy (non-hydrogen) atoms. The quantitative estimate of drug-likeness (QED) is 0.148. The molecule has 0 bridgehead atoms. The zero-order chi connectivity index (χ0) is 25.2. The minimum absolute atomic E-state index is 0.147. The molecule has 0 aliphatic carbocycles. The third-order valence-corrected chi connectivity index (χ3v) is 8.07. The number of rotatable bonds is 15.